The minimum atomic E-state index is -0.958. The molecule has 0 saturated heterocycles. The Labute approximate surface area is 291 Å². The summed E-state index contributed by atoms with van der Waals surface area (Å²) in [6, 6.07) is 4.19. The number of alkyl carbamates (subject to hydrolysis) is 1. The number of nitrogens with two attached hydrogens (primary N) is 1. The minimum Gasteiger partial charge on any atom is -0.445 e. The molecule has 0 spiro atoms. The first-order valence-electron chi connectivity index (χ1n) is 17.3. The molecule has 0 aliphatic carbocycles. The number of amides is 7. The lowest BCUT2D eigenvalue weighted by Crippen LogP contribution is -2.54. The van der Waals surface area contributed by atoms with E-state index in [9.17, 15) is 28.8 Å². The van der Waals surface area contributed by atoms with Crippen LogP contribution in [0.3, 0.4) is 0 Å². The molecule has 0 aliphatic rings. The van der Waals surface area contributed by atoms with E-state index in [2.05, 4.69) is 59.6 Å². The van der Waals surface area contributed by atoms with Crippen LogP contribution in [0.2, 0.25) is 0 Å². The van der Waals surface area contributed by atoms with Crippen molar-refractivity contribution in [1.82, 2.24) is 26.6 Å². The van der Waals surface area contributed by atoms with E-state index in [-0.39, 0.29) is 49.3 Å². The molecule has 7 amide bonds. The van der Waals surface area contributed by atoms with Crippen molar-refractivity contribution in [2.75, 3.05) is 25.0 Å². The van der Waals surface area contributed by atoms with Crippen LogP contribution >= 0.6 is 0 Å². The average Bonchev–Trinajstić information content (AvgIpc) is 3.03. The quantitative estimate of drug-likeness (QED) is 0.0894. The molecule has 2 atom stereocenters. The molecule has 14 heteroatoms. The molecule has 14 nitrogen and oxygen atoms in total. The fourth-order valence-corrected chi connectivity index (χ4v) is 4.60. The molecule has 0 saturated carbocycles. The second kappa shape index (κ2) is 23.1. The van der Waals surface area contributed by atoms with Gasteiger partial charge in [0, 0.05) is 38.2 Å². The van der Waals surface area contributed by atoms with Crippen molar-refractivity contribution in [3.05, 3.63) is 29.8 Å². The van der Waals surface area contributed by atoms with Crippen molar-refractivity contribution in [2.45, 2.75) is 118 Å². The highest BCUT2D eigenvalue weighted by molar-refractivity contribution is 5.98. The molecule has 1 aromatic carbocycles. The number of unbranched alkanes of at least 4 members (excludes halogenated alkanes) is 3. The molecule has 0 heterocycles. The summed E-state index contributed by atoms with van der Waals surface area (Å²) in [5.74, 6) is -1.46. The summed E-state index contributed by atoms with van der Waals surface area (Å²) >= 11 is 0. The standard InChI is InChI=1S/C35H59N7O7/c1-7-8-9-10-13-29(44)42-30(24(2)3)32(46)41-27(12-11-20-38-33(36)47)31(45)40-26-16-14-25(15-17-26)23-49-34(48)39-22-21-37-28(43)18-19-35(4,5)6/h14-17,24,27,30H,7-13,18-23H2,1-6H3,(H,37,43)(H,39,48)(H,40,45)(H,41,46)(H,42,44)(H3,36,38,47)/t27-,30-/m0/s1. The average molecular weight is 690 g/mol. The lowest BCUT2D eigenvalue weighted by atomic mass is 9.90. The number of rotatable bonds is 22. The molecule has 0 fully saturated rings. The summed E-state index contributed by atoms with van der Waals surface area (Å²) < 4.78 is 5.24. The fourth-order valence-electron chi connectivity index (χ4n) is 4.60. The van der Waals surface area contributed by atoms with Crippen molar-refractivity contribution in [3.63, 3.8) is 0 Å². The zero-order chi connectivity index (χ0) is 36.8. The second-order valence-corrected chi connectivity index (χ2v) is 13.7. The SMILES string of the molecule is CCCCCCC(=O)N[C@H](C(=O)N[C@@H](CCCNC(N)=O)C(=O)Nc1ccc(COC(=O)NCCNC(=O)CCC(C)(C)C)cc1)C(C)C. The first-order chi connectivity index (χ1) is 23.1. The highest BCUT2D eigenvalue weighted by atomic mass is 16.5. The van der Waals surface area contributed by atoms with Crippen LogP contribution in [-0.2, 0) is 30.5 Å². The third-order valence-electron chi connectivity index (χ3n) is 7.53. The Balaban J connectivity index is 2.69. The van der Waals surface area contributed by atoms with Gasteiger partial charge < -0.3 is 42.4 Å². The van der Waals surface area contributed by atoms with Crippen molar-refractivity contribution < 1.29 is 33.5 Å². The maximum absolute atomic E-state index is 13.3. The Bertz CT molecular complexity index is 1200. The van der Waals surface area contributed by atoms with Gasteiger partial charge >= 0.3 is 12.1 Å². The molecule has 49 heavy (non-hydrogen) atoms. The third kappa shape index (κ3) is 20.6. The van der Waals surface area contributed by atoms with Crippen molar-refractivity contribution >= 4 is 41.4 Å². The van der Waals surface area contributed by atoms with Gasteiger partial charge in [-0.3, -0.25) is 19.2 Å². The number of anilines is 1. The van der Waals surface area contributed by atoms with E-state index in [0.717, 1.165) is 32.1 Å². The molecule has 0 radical (unpaired) electrons. The summed E-state index contributed by atoms with van der Waals surface area (Å²) in [5.41, 5.74) is 6.35. The topological polar surface area (TPSA) is 210 Å². The van der Waals surface area contributed by atoms with Crippen LogP contribution < -0.4 is 37.6 Å². The number of hydrogen-bond donors (Lipinski definition) is 7. The minimum absolute atomic E-state index is 0.00946. The highest BCUT2D eigenvalue weighted by Crippen LogP contribution is 2.20. The number of primary amides is 1. The smallest absolute Gasteiger partial charge is 0.407 e. The van der Waals surface area contributed by atoms with Crippen LogP contribution in [0.5, 0.6) is 0 Å². The highest BCUT2D eigenvalue weighted by Gasteiger charge is 2.28. The molecule has 276 valence electrons. The van der Waals surface area contributed by atoms with Gasteiger partial charge in [-0.05, 0) is 54.7 Å². The summed E-state index contributed by atoms with van der Waals surface area (Å²) in [6.45, 7) is 12.7. The van der Waals surface area contributed by atoms with Crippen LogP contribution in [0.15, 0.2) is 24.3 Å². The fraction of sp³-hybridized carbons (Fsp3) is 0.657. The van der Waals surface area contributed by atoms with Gasteiger partial charge in [-0.25, -0.2) is 9.59 Å². The summed E-state index contributed by atoms with van der Waals surface area (Å²) in [7, 11) is 0. The second-order valence-electron chi connectivity index (χ2n) is 13.7. The van der Waals surface area contributed by atoms with Gasteiger partial charge in [-0.2, -0.15) is 0 Å². The van der Waals surface area contributed by atoms with Crippen molar-refractivity contribution in [3.8, 4) is 0 Å². The monoisotopic (exact) mass is 689 g/mol. The maximum Gasteiger partial charge on any atom is 0.407 e. The predicted octanol–water partition coefficient (Wildman–Crippen LogP) is 3.84. The Morgan fingerprint density at radius 3 is 2.06 bits per heavy atom. The Hall–Kier alpha value is -4.36. The van der Waals surface area contributed by atoms with E-state index < -0.39 is 36.0 Å². The van der Waals surface area contributed by atoms with E-state index in [1.807, 2.05) is 13.8 Å². The third-order valence-corrected chi connectivity index (χ3v) is 7.53. The van der Waals surface area contributed by atoms with Crippen molar-refractivity contribution in [1.29, 1.82) is 0 Å². The van der Waals surface area contributed by atoms with Crippen LogP contribution in [-0.4, -0.2) is 67.5 Å². The van der Waals surface area contributed by atoms with E-state index in [4.69, 9.17) is 10.5 Å². The summed E-state index contributed by atoms with van der Waals surface area (Å²) in [4.78, 5) is 74.2. The number of hydrogen-bond acceptors (Lipinski definition) is 7. The van der Waals surface area contributed by atoms with Crippen molar-refractivity contribution in [2.24, 2.45) is 17.1 Å². The Kier molecular flexibility index (Phi) is 20.1. The zero-order valence-corrected chi connectivity index (χ0v) is 30.2. The van der Waals surface area contributed by atoms with Crippen LogP contribution in [0, 0.1) is 11.3 Å². The van der Waals surface area contributed by atoms with Crippen LogP contribution in [0.1, 0.15) is 105 Å². The largest absolute Gasteiger partial charge is 0.445 e. The molecule has 0 unspecified atom stereocenters. The van der Waals surface area contributed by atoms with Crippen LogP contribution in [0.25, 0.3) is 0 Å². The molecule has 1 aromatic rings. The van der Waals surface area contributed by atoms with Gasteiger partial charge in [-0.1, -0.05) is 72.9 Å². The van der Waals surface area contributed by atoms with E-state index >= 15 is 0 Å². The molecule has 8 N–H and O–H groups in total. The van der Waals surface area contributed by atoms with Gasteiger partial charge in [0.2, 0.25) is 23.6 Å². The lowest BCUT2D eigenvalue weighted by molar-refractivity contribution is -0.132. The molecular formula is C35H59N7O7. The van der Waals surface area contributed by atoms with E-state index in [1.54, 1.807) is 24.3 Å². The van der Waals surface area contributed by atoms with Gasteiger partial charge in [0.1, 0.15) is 18.7 Å². The number of ether oxygens (including phenoxy) is 1. The first kappa shape index (κ1) is 42.7. The van der Waals surface area contributed by atoms with Gasteiger partial charge in [0.25, 0.3) is 0 Å². The maximum atomic E-state index is 13.3. The van der Waals surface area contributed by atoms with Gasteiger partial charge in [0.05, 0.1) is 0 Å². The first-order valence-corrected chi connectivity index (χ1v) is 17.3. The normalized spacial score (nSPS) is 12.3. The molecular weight excluding hydrogens is 630 g/mol. The Morgan fingerprint density at radius 1 is 0.776 bits per heavy atom. The Morgan fingerprint density at radius 2 is 1.45 bits per heavy atom. The lowest BCUT2D eigenvalue weighted by Gasteiger charge is -2.25. The number of carbonyl (C=O) groups excluding carboxylic acids is 6. The number of carbonyl (C=O) groups is 6. The molecule has 0 bridgehead atoms. The zero-order valence-electron chi connectivity index (χ0n) is 30.2. The summed E-state index contributed by atoms with van der Waals surface area (Å²) in [6.07, 6.45) is 5.22. The number of urea groups is 1. The van der Waals surface area contributed by atoms with Gasteiger partial charge in [0.15, 0.2) is 0 Å². The van der Waals surface area contributed by atoms with E-state index in [1.165, 1.54) is 0 Å². The predicted molar refractivity (Wildman–Crippen MR) is 189 cm³/mol. The molecule has 0 aromatic heterocycles. The van der Waals surface area contributed by atoms with Crippen LogP contribution in [0.4, 0.5) is 15.3 Å². The summed E-state index contributed by atoms with van der Waals surface area (Å²) in [5, 5.41) is 16.2. The molecule has 1 rings (SSSR count). The number of benzene rings is 1. The van der Waals surface area contributed by atoms with E-state index in [0.29, 0.717) is 37.1 Å². The van der Waals surface area contributed by atoms with Gasteiger partial charge in [-0.15, -0.1) is 0 Å². The molecule has 0 aliphatic heterocycles. The number of nitrogens with one attached hydrogen (secondary N) is 6.